The first-order valence-electron chi connectivity index (χ1n) is 6.48. The molecule has 1 atom stereocenters. The minimum atomic E-state index is -0.285. The van der Waals surface area contributed by atoms with Gasteiger partial charge < -0.3 is 9.72 Å². The van der Waals surface area contributed by atoms with E-state index in [-0.39, 0.29) is 30.0 Å². The van der Waals surface area contributed by atoms with E-state index in [9.17, 15) is 4.79 Å². The molecule has 20 heavy (non-hydrogen) atoms. The average Bonchev–Trinajstić information content (AvgIpc) is 2.77. The average molecular weight is 295 g/mol. The van der Waals surface area contributed by atoms with Crippen LogP contribution in [0.15, 0.2) is 24.3 Å². The molecular weight excluding hydrogens is 276 g/mol. The molecule has 0 amide bonds. The summed E-state index contributed by atoms with van der Waals surface area (Å²) in [6, 6.07) is 7.92. The van der Waals surface area contributed by atoms with Gasteiger partial charge in [-0.05, 0) is 25.5 Å². The zero-order chi connectivity index (χ0) is 13.6. The van der Waals surface area contributed by atoms with E-state index < -0.39 is 0 Å². The number of hydrogen-bond donors (Lipinski definition) is 2. The van der Waals surface area contributed by atoms with Crippen LogP contribution in [0.5, 0.6) is 0 Å². The number of aromatic nitrogens is 1. The van der Waals surface area contributed by atoms with Crippen LogP contribution in [0, 0.1) is 0 Å². The molecule has 2 aromatic rings. The smallest absolute Gasteiger partial charge is 0.323 e. The summed E-state index contributed by atoms with van der Waals surface area (Å²) < 4.78 is 4.88. The molecule has 108 valence electrons. The van der Waals surface area contributed by atoms with Gasteiger partial charge in [0.25, 0.3) is 0 Å². The van der Waals surface area contributed by atoms with Gasteiger partial charge in [0.1, 0.15) is 6.04 Å². The first kappa shape index (κ1) is 14.9. The first-order valence-corrected chi connectivity index (χ1v) is 6.48. The molecule has 0 spiro atoms. The van der Waals surface area contributed by atoms with Gasteiger partial charge in [-0.25, -0.2) is 0 Å². The SMILES string of the molecule is COC(=O)C1Cc2c([nH]c3ccccc23)C(C)(C)N1.Cl. The largest absolute Gasteiger partial charge is 0.468 e. The monoisotopic (exact) mass is 294 g/mol. The maximum Gasteiger partial charge on any atom is 0.323 e. The van der Waals surface area contributed by atoms with Crippen molar-refractivity contribution in [3.63, 3.8) is 0 Å². The third kappa shape index (κ3) is 2.19. The molecule has 3 rings (SSSR count). The molecule has 0 radical (unpaired) electrons. The number of para-hydroxylation sites is 1. The van der Waals surface area contributed by atoms with Crippen molar-refractivity contribution in [3.05, 3.63) is 35.5 Å². The zero-order valence-electron chi connectivity index (χ0n) is 11.8. The standard InChI is InChI=1S/C15H18N2O2.ClH/c1-15(2)13-10(8-12(17-15)14(18)19-3)9-6-4-5-7-11(9)16-13;/h4-7,12,16-17H,8H2,1-3H3;1H. The van der Waals surface area contributed by atoms with E-state index in [1.165, 1.54) is 18.1 Å². The molecule has 1 aliphatic rings. The summed E-state index contributed by atoms with van der Waals surface area (Å²) in [5, 5.41) is 4.55. The number of hydrogen-bond acceptors (Lipinski definition) is 3. The molecule has 1 aromatic heterocycles. The summed E-state index contributed by atoms with van der Waals surface area (Å²) in [6.45, 7) is 4.16. The van der Waals surface area contributed by atoms with E-state index in [1.54, 1.807) is 0 Å². The van der Waals surface area contributed by atoms with Crippen LogP contribution in [0.25, 0.3) is 10.9 Å². The number of ether oxygens (including phenoxy) is 1. The molecule has 0 bridgehead atoms. The Hall–Kier alpha value is -1.52. The Bertz CT molecular complexity index is 648. The fourth-order valence-corrected chi connectivity index (χ4v) is 2.99. The maximum atomic E-state index is 11.8. The van der Waals surface area contributed by atoms with Crippen molar-refractivity contribution in [2.75, 3.05) is 7.11 Å². The van der Waals surface area contributed by atoms with E-state index in [1.807, 2.05) is 12.1 Å². The van der Waals surface area contributed by atoms with Crippen molar-refractivity contribution in [1.29, 1.82) is 0 Å². The molecule has 4 nitrogen and oxygen atoms in total. The van der Waals surface area contributed by atoms with Gasteiger partial charge in [-0.2, -0.15) is 0 Å². The lowest BCUT2D eigenvalue weighted by Gasteiger charge is -2.35. The Morgan fingerprint density at radius 2 is 2.05 bits per heavy atom. The van der Waals surface area contributed by atoms with Crippen molar-refractivity contribution >= 4 is 29.3 Å². The van der Waals surface area contributed by atoms with Gasteiger partial charge in [0.05, 0.1) is 12.6 Å². The predicted octanol–water partition coefficient (Wildman–Crippen LogP) is 2.51. The summed E-state index contributed by atoms with van der Waals surface area (Å²) in [5.41, 5.74) is 3.22. The molecule has 2 N–H and O–H groups in total. The number of esters is 1. The van der Waals surface area contributed by atoms with E-state index >= 15 is 0 Å². The molecule has 0 aliphatic carbocycles. The normalized spacial score (nSPS) is 20.1. The quantitative estimate of drug-likeness (QED) is 0.795. The number of aromatic amines is 1. The highest BCUT2D eigenvalue weighted by atomic mass is 35.5. The summed E-state index contributed by atoms with van der Waals surface area (Å²) in [6.07, 6.45) is 0.662. The molecule has 1 unspecified atom stereocenters. The number of methoxy groups -OCH3 is 1. The fourth-order valence-electron chi connectivity index (χ4n) is 2.99. The number of H-pyrrole nitrogens is 1. The highest BCUT2D eigenvalue weighted by molar-refractivity contribution is 5.87. The summed E-state index contributed by atoms with van der Waals surface area (Å²) >= 11 is 0. The van der Waals surface area contributed by atoms with Crippen molar-refractivity contribution in [2.45, 2.75) is 31.8 Å². The second-order valence-corrected chi connectivity index (χ2v) is 5.57. The first-order chi connectivity index (χ1) is 9.03. The lowest BCUT2D eigenvalue weighted by Crippen LogP contribution is -2.53. The minimum absolute atomic E-state index is 0. The van der Waals surface area contributed by atoms with Gasteiger partial charge in [0.15, 0.2) is 0 Å². The highest BCUT2D eigenvalue weighted by Crippen LogP contribution is 2.35. The van der Waals surface area contributed by atoms with Gasteiger partial charge >= 0.3 is 5.97 Å². The van der Waals surface area contributed by atoms with Crippen LogP contribution < -0.4 is 5.32 Å². The Morgan fingerprint density at radius 1 is 1.35 bits per heavy atom. The summed E-state index contributed by atoms with van der Waals surface area (Å²) in [7, 11) is 1.43. The number of fused-ring (bicyclic) bond motifs is 3. The fraction of sp³-hybridized carbons (Fsp3) is 0.400. The van der Waals surface area contributed by atoms with Gasteiger partial charge in [-0.3, -0.25) is 10.1 Å². The van der Waals surface area contributed by atoms with Crippen molar-refractivity contribution in [2.24, 2.45) is 0 Å². The van der Waals surface area contributed by atoms with Crippen molar-refractivity contribution < 1.29 is 9.53 Å². The molecule has 1 aromatic carbocycles. The van der Waals surface area contributed by atoms with Crippen molar-refractivity contribution in [1.82, 2.24) is 10.3 Å². The topological polar surface area (TPSA) is 54.1 Å². The predicted molar refractivity (Wildman–Crippen MR) is 81.2 cm³/mol. The number of benzene rings is 1. The van der Waals surface area contributed by atoms with E-state index in [4.69, 9.17) is 4.74 Å². The second-order valence-electron chi connectivity index (χ2n) is 5.57. The van der Waals surface area contributed by atoms with E-state index in [2.05, 4.69) is 36.3 Å². The third-order valence-electron chi connectivity index (χ3n) is 3.87. The molecule has 2 heterocycles. The number of halogens is 1. The van der Waals surface area contributed by atoms with E-state index in [0.717, 1.165) is 11.2 Å². The van der Waals surface area contributed by atoms with Crippen LogP contribution in [-0.2, 0) is 21.5 Å². The Labute approximate surface area is 124 Å². The summed E-state index contributed by atoms with van der Waals surface area (Å²) in [4.78, 5) is 15.3. The maximum absolute atomic E-state index is 11.8. The van der Waals surface area contributed by atoms with Gasteiger partial charge in [-0.1, -0.05) is 18.2 Å². The summed E-state index contributed by atoms with van der Waals surface area (Å²) in [5.74, 6) is -0.205. The highest BCUT2D eigenvalue weighted by Gasteiger charge is 2.38. The Morgan fingerprint density at radius 3 is 2.75 bits per heavy atom. The molecule has 0 saturated heterocycles. The molecular formula is C15H19ClN2O2. The molecule has 5 heteroatoms. The molecule has 1 aliphatic heterocycles. The molecule has 0 fully saturated rings. The number of nitrogens with one attached hydrogen (secondary N) is 2. The molecule has 0 saturated carbocycles. The lowest BCUT2D eigenvalue weighted by molar-refractivity contribution is -0.144. The number of rotatable bonds is 1. The van der Waals surface area contributed by atoms with Crippen LogP contribution in [0.3, 0.4) is 0 Å². The minimum Gasteiger partial charge on any atom is -0.468 e. The Balaban J connectivity index is 0.00000147. The van der Waals surface area contributed by atoms with Gasteiger partial charge in [0.2, 0.25) is 0 Å². The second kappa shape index (κ2) is 5.11. The number of carbonyl (C=O) groups excluding carboxylic acids is 1. The third-order valence-corrected chi connectivity index (χ3v) is 3.87. The number of carbonyl (C=O) groups is 1. The lowest BCUT2D eigenvalue weighted by atomic mass is 9.86. The van der Waals surface area contributed by atoms with Crippen LogP contribution in [0.1, 0.15) is 25.1 Å². The zero-order valence-corrected chi connectivity index (χ0v) is 12.6. The van der Waals surface area contributed by atoms with Crippen LogP contribution in [-0.4, -0.2) is 24.1 Å². The van der Waals surface area contributed by atoms with Gasteiger partial charge in [0, 0.05) is 23.0 Å². The van der Waals surface area contributed by atoms with Crippen LogP contribution >= 0.6 is 12.4 Å². The van der Waals surface area contributed by atoms with Crippen LogP contribution in [0.2, 0.25) is 0 Å². The van der Waals surface area contributed by atoms with Crippen molar-refractivity contribution in [3.8, 4) is 0 Å². The van der Waals surface area contributed by atoms with Crippen LogP contribution in [0.4, 0.5) is 0 Å². The Kier molecular flexibility index (Phi) is 3.80. The van der Waals surface area contributed by atoms with E-state index in [0.29, 0.717) is 6.42 Å². The van der Waals surface area contributed by atoms with Gasteiger partial charge in [-0.15, -0.1) is 12.4 Å².